The first kappa shape index (κ1) is 15.5. The predicted octanol–water partition coefficient (Wildman–Crippen LogP) is 2.28. The number of carbonyl (C=O) groups excluding carboxylic acids is 1. The molecule has 0 saturated carbocycles. The first-order valence-electron chi connectivity index (χ1n) is 7.05. The molecule has 0 unspecified atom stereocenters. The molecular weight excluding hydrogens is 284 g/mol. The molecule has 2 aromatic carbocycles. The molecule has 1 amide bonds. The number of rotatable bonds is 6. The number of hydrogen-bond donors (Lipinski definition) is 2. The van der Waals surface area contributed by atoms with Gasteiger partial charge in [-0.1, -0.05) is 60.1 Å². The summed E-state index contributed by atoms with van der Waals surface area (Å²) in [4.78, 5) is 11.9. The summed E-state index contributed by atoms with van der Waals surface area (Å²) in [7, 11) is 0. The minimum atomic E-state index is 0.0118. The van der Waals surface area contributed by atoms with Gasteiger partial charge in [0.25, 0.3) is 5.91 Å². The van der Waals surface area contributed by atoms with Crippen molar-refractivity contribution in [2.45, 2.75) is 19.5 Å². The molecule has 4 heteroatoms. The van der Waals surface area contributed by atoms with E-state index < -0.39 is 0 Å². The van der Waals surface area contributed by atoms with Crippen LogP contribution >= 0.6 is 11.6 Å². The average Bonchev–Trinajstić information content (AvgIpc) is 2.52. The number of nitrogens with two attached hydrogens (primary N) is 1. The summed E-state index contributed by atoms with van der Waals surface area (Å²) in [6.07, 6.45) is 0. The highest BCUT2D eigenvalue weighted by Gasteiger charge is 2.11. The van der Waals surface area contributed by atoms with Gasteiger partial charge in [-0.15, -0.1) is 0 Å². The van der Waals surface area contributed by atoms with Gasteiger partial charge in [0.1, 0.15) is 6.04 Å². The smallest absolute Gasteiger partial charge is 0.275 e. The molecule has 0 aliphatic heterocycles. The number of nitrogens with one attached hydrogen (secondary N) is 1. The van der Waals surface area contributed by atoms with Crippen molar-refractivity contribution in [2.24, 2.45) is 0 Å². The Labute approximate surface area is 130 Å². The predicted molar refractivity (Wildman–Crippen MR) is 84.9 cm³/mol. The van der Waals surface area contributed by atoms with E-state index in [0.29, 0.717) is 18.1 Å². The number of benzene rings is 2. The molecule has 1 atom stereocenters. The molecule has 0 saturated heterocycles. The Hall–Kier alpha value is -1.84. The third kappa shape index (κ3) is 4.88. The fourth-order valence-corrected chi connectivity index (χ4v) is 2.29. The fraction of sp³-hybridized carbons (Fsp3) is 0.235. The van der Waals surface area contributed by atoms with Crippen molar-refractivity contribution in [1.82, 2.24) is 5.32 Å². The van der Waals surface area contributed by atoms with Gasteiger partial charge in [0.15, 0.2) is 6.54 Å². The van der Waals surface area contributed by atoms with Crippen LogP contribution in [0.2, 0.25) is 5.02 Å². The van der Waals surface area contributed by atoms with Crippen LogP contribution in [0.25, 0.3) is 0 Å². The Kier molecular flexibility index (Phi) is 5.78. The molecule has 21 heavy (non-hydrogen) atoms. The van der Waals surface area contributed by atoms with Gasteiger partial charge in [-0.05, 0) is 18.6 Å². The highest BCUT2D eigenvalue weighted by Crippen LogP contribution is 2.14. The third-order valence-electron chi connectivity index (χ3n) is 3.42. The lowest BCUT2D eigenvalue weighted by Crippen LogP contribution is -2.87. The number of amides is 1. The largest absolute Gasteiger partial charge is 0.347 e. The van der Waals surface area contributed by atoms with Crippen molar-refractivity contribution in [3.8, 4) is 0 Å². The number of carbonyl (C=O) groups is 1. The van der Waals surface area contributed by atoms with E-state index in [2.05, 4.69) is 24.4 Å². The molecule has 0 fully saturated rings. The van der Waals surface area contributed by atoms with Crippen molar-refractivity contribution < 1.29 is 10.1 Å². The maximum Gasteiger partial charge on any atom is 0.275 e. The zero-order chi connectivity index (χ0) is 15.1. The first-order chi connectivity index (χ1) is 10.2. The Morgan fingerprint density at radius 2 is 1.81 bits per heavy atom. The van der Waals surface area contributed by atoms with Gasteiger partial charge in [-0.25, -0.2) is 0 Å². The third-order valence-corrected chi connectivity index (χ3v) is 3.78. The van der Waals surface area contributed by atoms with Crippen LogP contribution in [0.1, 0.15) is 24.1 Å². The van der Waals surface area contributed by atoms with Gasteiger partial charge < -0.3 is 10.6 Å². The molecule has 2 aromatic rings. The molecule has 0 aliphatic rings. The molecule has 0 spiro atoms. The number of hydrogen-bond acceptors (Lipinski definition) is 1. The molecule has 2 rings (SSSR count). The number of quaternary nitrogens is 1. The van der Waals surface area contributed by atoms with E-state index in [4.69, 9.17) is 11.6 Å². The molecule has 3 N–H and O–H groups in total. The second-order valence-corrected chi connectivity index (χ2v) is 5.41. The van der Waals surface area contributed by atoms with Crippen LogP contribution < -0.4 is 10.6 Å². The monoisotopic (exact) mass is 303 g/mol. The average molecular weight is 304 g/mol. The lowest BCUT2D eigenvalue weighted by Gasteiger charge is -2.11. The molecule has 0 aliphatic carbocycles. The highest BCUT2D eigenvalue weighted by atomic mass is 35.5. The molecule has 0 aromatic heterocycles. The van der Waals surface area contributed by atoms with Gasteiger partial charge in [0.05, 0.1) is 0 Å². The highest BCUT2D eigenvalue weighted by molar-refractivity contribution is 6.31. The van der Waals surface area contributed by atoms with Gasteiger partial charge in [-0.3, -0.25) is 4.79 Å². The van der Waals surface area contributed by atoms with Crippen LogP contribution in [0.4, 0.5) is 0 Å². The first-order valence-corrected chi connectivity index (χ1v) is 7.43. The zero-order valence-electron chi connectivity index (χ0n) is 12.1. The zero-order valence-corrected chi connectivity index (χ0v) is 12.8. The lowest BCUT2D eigenvalue weighted by molar-refractivity contribution is -0.682. The van der Waals surface area contributed by atoms with E-state index in [1.165, 1.54) is 5.56 Å². The summed E-state index contributed by atoms with van der Waals surface area (Å²) in [5.74, 6) is 0.0118. The Morgan fingerprint density at radius 1 is 1.14 bits per heavy atom. The molecule has 3 nitrogen and oxygen atoms in total. The molecule has 0 heterocycles. The van der Waals surface area contributed by atoms with Crippen molar-refractivity contribution in [1.29, 1.82) is 0 Å². The van der Waals surface area contributed by atoms with Crippen LogP contribution in [0, 0.1) is 0 Å². The molecule has 110 valence electrons. The van der Waals surface area contributed by atoms with E-state index in [-0.39, 0.29) is 11.9 Å². The van der Waals surface area contributed by atoms with E-state index in [9.17, 15) is 4.79 Å². The minimum absolute atomic E-state index is 0.0118. The van der Waals surface area contributed by atoms with E-state index in [1.54, 1.807) is 0 Å². The second kappa shape index (κ2) is 7.81. The van der Waals surface area contributed by atoms with Crippen molar-refractivity contribution >= 4 is 17.5 Å². The molecular formula is C17H20ClN2O+. The Bertz CT molecular complexity index is 586. The minimum Gasteiger partial charge on any atom is -0.347 e. The second-order valence-electron chi connectivity index (χ2n) is 5.01. The Morgan fingerprint density at radius 3 is 2.52 bits per heavy atom. The standard InChI is InChI=1S/C17H19ClN2O/c1-13(14-7-3-2-4-8-14)19-12-17(21)20-11-15-9-5-6-10-16(15)18/h2-10,13,19H,11-12H2,1H3,(H,20,21)/p+1/t13-/m1/s1. The summed E-state index contributed by atoms with van der Waals surface area (Å²) < 4.78 is 0. The van der Waals surface area contributed by atoms with Gasteiger partial charge in [0, 0.05) is 17.1 Å². The van der Waals surface area contributed by atoms with Gasteiger partial charge >= 0.3 is 0 Å². The van der Waals surface area contributed by atoms with Crippen molar-refractivity contribution in [3.05, 3.63) is 70.7 Å². The van der Waals surface area contributed by atoms with E-state index >= 15 is 0 Å². The van der Waals surface area contributed by atoms with Crippen LogP contribution in [0.3, 0.4) is 0 Å². The lowest BCUT2D eigenvalue weighted by atomic mass is 10.1. The SMILES string of the molecule is C[C@@H]([NH2+]CC(=O)NCc1ccccc1Cl)c1ccccc1. The summed E-state index contributed by atoms with van der Waals surface area (Å²) in [6.45, 7) is 2.96. The van der Waals surface area contributed by atoms with Gasteiger partial charge in [-0.2, -0.15) is 0 Å². The fourth-order valence-electron chi connectivity index (χ4n) is 2.08. The van der Waals surface area contributed by atoms with Crippen LogP contribution in [-0.2, 0) is 11.3 Å². The van der Waals surface area contributed by atoms with Crippen molar-refractivity contribution in [3.63, 3.8) is 0 Å². The summed E-state index contributed by atoms with van der Waals surface area (Å²) >= 11 is 6.06. The summed E-state index contributed by atoms with van der Waals surface area (Å²) in [5.41, 5.74) is 2.15. The van der Waals surface area contributed by atoms with Crippen molar-refractivity contribution in [2.75, 3.05) is 6.54 Å². The van der Waals surface area contributed by atoms with E-state index in [1.807, 2.05) is 47.8 Å². The maximum atomic E-state index is 11.9. The Balaban J connectivity index is 1.76. The van der Waals surface area contributed by atoms with E-state index in [0.717, 1.165) is 5.56 Å². The van der Waals surface area contributed by atoms with Gasteiger partial charge in [0.2, 0.25) is 0 Å². The number of halogens is 1. The summed E-state index contributed by atoms with van der Waals surface area (Å²) in [5, 5.41) is 5.60. The molecule has 0 bridgehead atoms. The summed E-state index contributed by atoms with van der Waals surface area (Å²) in [6, 6.07) is 18.0. The molecule has 0 radical (unpaired) electrons. The topological polar surface area (TPSA) is 45.7 Å². The van der Waals surface area contributed by atoms with Crippen LogP contribution in [0.15, 0.2) is 54.6 Å². The maximum absolute atomic E-state index is 11.9. The normalized spacial score (nSPS) is 11.9. The quantitative estimate of drug-likeness (QED) is 0.845. The van der Waals surface area contributed by atoms with Crippen LogP contribution in [-0.4, -0.2) is 12.5 Å². The van der Waals surface area contributed by atoms with Crippen LogP contribution in [0.5, 0.6) is 0 Å².